The summed E-state index contributed by atoms with van der Waals surface area (Å²) in [5, 5.41) is 10.5. The topological polar surface area (TPSA) is 138 Å². The third-order valence-electron chi connectivity index (χ3n) is 3.53. The summed E-state index contributed by atoms with van der Waals surface area (Å²) in [6, 6.07) is 0. The first-order valence-electron chi connectivity index (χ1n) is 7.26. The predicted molar refractivity (Wildman–Crippen MR) is 91.3 cm³/mol. The van der Waals surface area contributed by atoms with Crippen molar-refractivity contribution in [2.24, 2.45) is 0 Å². The van der Waals surface area contributed by atoms with Crippen LogP contribution in [0.3, 0.4) is 0 Å². The molecule has 0 unspecified atom stereocenters. The molecular formula is C11H18BClN5O5P. The van der Waals surface area contributed by atoms with Crippen molar-refractivity contribution in [3.63, 3.8) is 0 Å². The van der Waals surface area contributed by atoms with Crippen LogP contribution in [0.4, 0.5) is 5.82 Å². The van der Waals surface area contributed by atoms with Crippen molar-refractivity contribution in [3.05, 3.63) is 11.6 Å². The first-order chi connectivity index (χ1) is 11.3. The zero-order valence-electron chi connectivity index (χ0n) is 13.1. The SMILES string of the molecule is B[PH]1(O)OC[C@H](C)O[C@@H](n2c(Cl)nc3c(N)ncnc32)[C@@H](O)CO1. The number of nitrogens with two attached hydrogens (primary N) is 1. The number of rotatable bonds is 1. The Kier molecular flexibility index (Phi) is 4.94. The van der Waals surface area contributed by atoms with E-state index in [4.69, 9.17) is 31.1 Å². The maximum atomic E-state index is 10.5. The molecule has 1 aliphatic rings. The summed E-state index contributed by atoms with van der Waals surface area (Å²) in [7, 11) is -1.85. The van der Waals surface area contributed by atoms with E-state index in [9.17, 15) is 10.00 Å². The van der Waals surface area contributed by atoms with Gasteiger partial charge in [-0.2, -0.15) is 0 Å². The van der Waals surface area contributed by atoms with Crippen molar-refractivity contribution in [3.8, 4) is 0 Å². The number of ether oxygens (including phenoxy) is 1. The van der Waals surface area contributed by atoms with Crippen molar-refractivity contribution in [1.29, 1.82) is 0 Å². The molecule has 0 aromatic carbocycles. The van der Waals surface area contributed by atoms with Crippen LogP contribution in [0, 0.1) is 0 Å². The Morgan fingerprint density at radius 2 is 2.12 bits per heavy atom. The Hall–Kier alpha value is -1.07. The molecule has 1 aliphatic heterocycles. The van der Waals surface area contributed by atoms with Crippen LogP contribution in [-0.4, -0.2) is 62.5 Å². The van der Waals surface area contributed by atoms with Crippen LogP contribution in [0.1, 0.15) is 13.2 Å². The molecule has 0 amide bonds. The Balaban J connectivity index is 2.03. The van der Waals surface area contributed by atoms with Crippen LogP contribution in [0.5, 0.6) is 0 Å². The number of nitrogens with zero attached hydrogens (tertiary/aromatic N) is 4. The molecule has 1 saturated heterocycles. The summed E-state index contributed by atoms with van der Waals surface area (Å²) in [5.41, 5.74) is 6.42. The third kappa shape index (κ3) is 3.47. The van der Waals surface area contributed by atoms with Crippen molar-refractivity contribution in [2.45, 2.75) is 25.4 Å². The molecule has 3 atom stereocenters. The van der Waals surface area contributed by atoms with Gasteiger partial charge in [-0.3, -0.25) is 0 Å². The standard InChI is InChI=1S/C11H18BClN5O5P/c1-5-2-21-24(12,20)22-3-6(19)10(23-5)18-9-7(17-11(18)13)8(14)15-4-16-9/h4-6,10,19-20,24H,2-3,12H2,1H3,(H2,14,15,16)/t5-,6-,10+/m0/s1. The van der Waals surface area contributed by atoms with E-state index >= 15 is 0 Å². The number of aliphatic hydroxyl groups is 1. The molecule has 0 spiro atoms. The first kappa shape index (κ1) is 17.7. The Bertz CT molecular complexity index is 749. The van der Waals surface area contributed by atoms with Crippen LogP contribution in [0.15, 0.2) is 6.33 Å². The number of nitrogen functional groups attached to an aromatic ring is 1. The van der Waals surface area contributed by atoms with Crippen LogP contribution in [0.2, 0.25) is 5.28 Å². The number of aromatic nitrogens is 4. The molecule has 24 heavy (non-hydrogen) atoms. The molecule has 4 N–H and O–H groups in total. The molecule has 1 fully saturated rings. The number of imidazole rings is 1. The number of anilines is 1. The van der Waals surface area contributed by atoms with Gasteiger partial charge in [0.25, 0.3) is 0 Å². The van der Waals surface area contributed by atoms with Crippen molar-refractivity contribution in [2.75, 3.05) is 18.9 Å². The quantitative estimate of drug-likeness (QED) is 0.338. The van der Waals surface area contributed by atoms with Gasteiger partial charge in [0.05, 0.1) is 0 Å². The fourth-order valence-electron chi connectivity index (χ4n) is 2.36. The van der Waals surface area contributed by atoms with E-state index in [0.29, 0.717) is 11.2 Å². The summed E-state index contributed by atoms with van der Waals surface area (Å²) < 4.78 is 17.9. The molecule has 0 aliphatic carbocycles. The van der Waals surface area contributed by atoms with Crippen molar-refractivity contribution in [1.82, 2.24) is 19.5 Å². The van der Waals surface area contributed by atoms with E-state index in [-0.39, 0.29) is 24.3 Å². The van der Waals surface area contributed by atoms with Gasteiger partial charge in [0.15, 0.2) is 0 Å². The molecule has 0 saturated carbocycles. The van der Waals surface area contributed by atoms with Gasteiger partial charge in [0, 0.05) is 0 Å². The molecule has 3 heterocycles. The van der Waals surface area contributed by atoms with Crippen LogP contribution < -0.4 is 5.73 Å². The fraction of sp³-hybridized carbons (Fsp3) is 0.545. The molecule has 2 aromatic heterocycles. The fourth-order valence-corrected chi connectivity index (χ4v) is 3.73. The minimum absolute atomic E-state index is 0.0395. The first-order valence-corrected chi connectivity index (χ1v) is 9.90. The number of hydrogen-bond acceptors (Lipinski definition) is 9. The van der Waals surface area contributed by atoms with E-state index in [1.807, 2.05) is 0 Å². The van der Waals surface area contributed by atoms with Crippen LogP contribution >= 0.6 is 19.4 Å². The second kappa shape index (κ2) is 6.68. The predicted octanol–water partition coefficient (Wildman–Crippen LogP) is -0.591. The summed E-state index contributed by atoms with van der Waals surface area (Å²) in [4.78, 5) is 22.2. The van der Waals surface area contributed by atoms with E-state index in [1.165, 1.54) is 18.5 Å². The monoisotopic (exact) mass is 377 g/mol. The van der Waals surface area contributed by atoms with Gasteiger partial charge in [-0.25, -0.2) is 0 Å². The van der Waals surface area contributed by atoms with Gasteiger partial charge in [-0.1, -0.05) is 0 Å². The van der Waals surface area contributed by atoms with Gasteiger partial charge >= 0.3 is 143 Å². The third-order valence-corrected chi connectivity index (χ3v) is 5.20. The molecule has 0 radical (unpaired) electrons. The van der Waals surface area contributed by atoms with Crippen molar-refractivity contribution >= 4 is 44.0 Å². The number of aliphatic hydroxyl groups excluding tert-OH is 1. The van der Waals surface area contributed by atoms with Gasteiger partial charge in [0.1, 0.15) is 0 Å². The van der Waals surface area contributed by atoms with Gasteiger partial charge < -0.3 is 0 Å². The van der Waals surface area contributed by atoms with E-state index in [2.05, 4.69) is 15.0 Å². The molecule has 132 valence electrons. The van der Waals surface area contributed by atoms with Gasteiger partial charge in [-0.05, 0) is 0 Å². The molecule has 10 nitrogen and oxygen atoms in total. The Morgan fingerprint density at radius 3 is 2.88 bits per heavy atom. The molecule has 0 bridgehead atoms. The summed E-state index contributed by atoms with van der Waals surface area (Å²) >= 11 is 6.20. The average Bonchev–Trinajstić information content (AvgIpc) is 2.87. The Labute approximate surface area is 143 Å². The summed E-state index contributed by atoms with van der Waals surface area (Å²) in [6.45, 7) is 1.64. The van der Waals surface area contributed by atoms with Crippen LogP contribution in [0.25, 0.3) is 11.2 Å². The minimum atomic E-state index is -3.32. The summed E-state index contributed by atoms with van der Waals surface area (Å²) in [6.07, 6.45) is -1.26. The molecular weight excluding hydrogens is 359 g/mol. The summed E-state index contributed by atoms with van der Waals surface area (Å²) in [5.74, 6) is 0.168. The van der Waals surface area contributed by atoms with E-state index in [1.54, 1.807) is 6.92 Å². The average molecular weight is 378 g/mol. The van der Waals surface area contributed by atoms with E-state index < -0.39 is 26.3 Å². The molecule has 2 aromatic rings. The van der Waals surface area contributed by atoms with Gasteiger partial charge in [0.2, 0.25) is 0 Å². The molecule has 3 rings (SSSR count). The van der Waals surface area contributed by atoms with Crippen LogP contribution in [-0.2, 0) is 13.8 Å². The normalized spacial score (nSPS) is 29.6. The zero-order chi connectivity index (χ0) is 17.5. The zero-order valence-corrected chi connectivity index (χ0v) is 14.8. The molecule has 13 heteroatoms. The second-order valence-corrected chi connectivity index (χ2v) is 8.32. The Morgan fingerprint density at radius 1 is 1.42 bits per heavy atom. The van der Waals surface area contributed by atoms with Crippen molar-refractivity contribution < 1.29 is 23.8 Å². The maximum absolute atomic E-state index is 10.5. The van der Waals surface area contributed by atoms with E-state index in [0.717, 1.165) is 0 Å². The second-order valence-electron chi connectivity index (χ2n) is 5.61. The number of halogens is 1. The number of hydrogen-bond donors (Lipinski definition) is 3. The van der Waals surface area contributed by atoms with Gasteiger partial charge in [-0.15, -0.1) is 0 Å². The number of fused-ring (bicyclic) bond motifs is 1.